The molecule has 0 aromatic rings. The molecule has 18 heteroatoms. The Morgan fingerprint density at radius 2 is 1.31 bits per heavy atom. The molecule has 0 aliphatic carbocycles. The van der Waals surface area contributed by atoms with E-state index in [2.05, 4.69) is 37.2 Å². The number of nitrogens with one attached hydrogen (secondary N) is 7. The maximum absolute atomic E-state index is 13.1. The van der Waals surface area contributed by atoms with Gasteiger partial charge in [0.15, 0.2) is 0 Å². The first kappa shape index (κ1) is 38.3. The Hall–Kier alpha value is -4.77. The summed E-state index contributed by atoms with van der Waals surface area (Å²) in [4.78, 5) is 111. The van der Waals surface area contributed by atoms with Gasteiger partial charge in [0.2, 0.25) is 41.4 Å². The van der Waals surface area contributed by atoms with E-state index >= 15 is 0 Å². The van der Waals surface area contributed by atoms with E-state index in [9.17, 15) is 53.4 Å². The second kappa shape index (κ2) is 18.8. The smallest absolute Gasteiger partial charge is 0.326 e. The second-order valence-electron chi connectivity index (χ2n) is 11.0. The zero-order chi connectivity index (χ0) is 34.3. The molecule has 0 spiro atoms. The van der Waals surface area contributed by atoms with Gasteiger partial charge in [0.05, 0.1) is 12.8 Å². The summed E-state index contributed by atoms with van der Waals surface area (Å²) in [7, 11) is 0. The fourth-order valence-corrected chi connectivity index (χ4v) is 4.07. The third kappa shape index (κ3) is 15.0. The van der Waals surface area contributed by atoms with Crippen LogP contribution in [0.3, 0.4) is 0 Å². The molecule has 1 aliphatic rings. The Bertz CT molecular complexity index is 1140. The van der Waals surface area contributed by atoms with Gasteiger partial charge in [-0.1, -0.05) is 13.8 Å². The molecule has 5 atom stereocenters. The molecule has 9 N–H and O–H groups in total. The first-order valence-corrected chi connectivity index (χ1v) is 14.5. The molecule has 0 aromatic carbocycles. The van der Waals surface area contributed by atoms with Gasteiger partial charge in [0.1, 0.15) is 30.2 Å². The number of aliphatic carboxylic acids is 2. The topological polar surface area (TPSA) is 278 Å². The van der Waals surface area contributed by atoms with Crippen molar-refractivity contribution in [2.45, 2.75) is 96.4 Å². The zero-order valence-electron chi connectivity index (χ0n) is 25.7. The third-order valence-corrected chi connectivity index (χ3v) is 6.45. The van der Waals surface area contributed by atoms with Crippen LogP contribution in [0.5, 0.6) is 0 Å². The molecule has 18 nitrogen and oxygen atoms in total. The summed E-state index contributed by atoms with van der Waals surface area (Å²) in [6.07, 6.45) is -1.65. The van der Waals surface area contributed by atoms with Crippen LogP contribution in [-0.2, 0) is 43.2 Å². The first-order chi connectivity index (χ1) is 21.0. The van der Waals surface area contributed by atoms with Crippen molar-refractivity contribution in [2.24, 2.45) is 5.92 Å². The molecule has 1 aliphatic heterocycles. The number of carbonyl (C=O) groups excluding carboxylic acids is 7. The summed E-state index contributed by atoms with van der Waals surface area (Å²) in [5.74, 6) is -8.56. The van der Waals surface area contributed by atoms with Crippen LogP contribution in [0.2, 0.25) is 0 Å². The fraction of sp³-hybridized carbons (Fsp3) is 0.667. The lowest BCUT2D eigenvalue weighted by atomic mass is 10.0. The van der Waals surface area contributed by atoms with Crippen LogP contribution in [0.15, 0.2) is 0 Å². The molecule has 7 amide bonds. The number of hydrogen-bond acceptors (Lipinski definition) is 9. The predicted octanol–water partition coefficient (Wildman–Crippen LogP) is -3.14. The van der Waals surface area contributed by atoms with Crippen molar-refractivity contribution in [1.82, 2.24) is 37.2 Å². The summed E-state index contributed by atoms with van der Waals surface area (Å²) in [6.45, 7) is 6.04. The van der Waals surface area contributed by atoms with Crippen molar-refractivity contribution in [3.8, 4) is 0 Å². The van der Waals surface area contributed by atoms with E-state index in [-0.39, 0.29) is 44.7 Å². The number of hydrogen-bond donors (Lipinski definition) is 9. The minimum atomic E-state index is -1.73. The van der Waals surface area contributed by atoms with Crippen LogP contribution >= 0.6 is 0 Å². The predicted molar refractivity (Wildman–Crippen MR) is 155 cm³/mol. The highest BCUT2D eigenvalue weighted by molar-refractivity contribution is 5.96. The van der Waals surface area contributed by atoms with Crippen LogP contribution in [0, 0.1) is 5.92 Å². The SMILES string of the molecule is CC(C)C[C@H]1NC(=O)[C@H](C)NC(=O)[C@@H](CC(=O)O)NC(=O)CCCNC(=O)CCNC(=O)[C@@H](C)NC(=O)C[C@@H](C(=O)O)NC1=O. The van der Waals surface area contributed by atoms with Gasteiger partial charge in [0, 0.05) is 25.9 Å². The molecule has 1 saturated heterocycles. The molecule has 0 bridgehead atoms. The van der Waals surface area contributed by atoms with Crippen LogP contribution in [0.4, 0.5) is 0 Å². The van der Waals surface area contributed by atoms with Crippen molar-refractivity contribution in [3.05, 3.63) is 0 Å². The molecule has 1 heterocycles. The van der Waals surface area contributed by atoms with E-state index in [1.54, 1.807) is 13.8 Å². The monoisotopic (exact) mass is 641 g/mol. The Balaban J connectivity index is 3.22. The van der Waals surface area contributed by atoms with Crippen LogP contribution in [-0.4, -0.2) is 107 Å². The number of rotatable bonds is 5. The average molecular weight is 642 g/mol. The van der Waals surface area contributed by atoms with Crippen LogP contribution < -0.4 is 37.2 Å². The summed E-state index contributed by atoms with van der Waals surface area (Å²) >= 11 is 0. The standard InChI is InChI=1S/C27H43N7O11/c1-13(2)10-16-26(43)34-18(27(44)45)11-21(37)30-14(3)23(40)29-9-7-19(35)28-8-5-6-20(36)32-17(12-22(38)39)25(42)31-15(4)24(41)33-16/h13-18H,5-12H2,1-4H3,(H,28,35)(H,29,40)(H,30,37)(H,31,42)(H,32,36)(H,33,41)(H,34,43)(H,38,39)(H,44,45)/t14-,15+,16-,17-,18+/m1/s1. The van der Waals surface area contributed by atoms with Gasteiger partial charge >= 0.3 is 11.9 Å². The second-order valence-corrected chi connectivity index (χ2v) is 11.0. The van der Waals surface area contributed by atoms with Crippen LogP contribution in [0.25, 0.3) is 0 Å². The molecule has 252 valence electrons. The van der Waals surface area contributed by atoms with Gasteiger partial charge < -0.3 is 47.4 Å². The Morgan fingerprint density at radius 1 is 0.689 bits per heavy atom. The number of carboxylic acids is 2. The molecule has 1 rings (SSSR count). The lowest BCUT2D eigenvalue weighted by Gasteiger charge is -2.25. The maximum atomic E-state index is 13.1. The van der Waals surface area contributed by atoms with E-state index in [0.717, 1.165) is 0 Å². The highest BCUT2D eigenvalue weighted by Gasteiger charge is 2.32. The molecule has 0 aromatic heterocycles. The Morgan fingerprint density at radius 3 is 1.91 bits per heavy atom. The normalized spacial score (nSPS) is 26.0. The molecular formula is C27H43N7O11. The van der Waals surface area contributed by atoms with Crippen molar-refractivity contribution in [2.75, 3.05) is 13.1 Å². The van der Waals surface area contributed by atoms with Crippen LogP contribution in [0.1, 0.15) is 66.2 Å². The van der Waals surface area contributed by atoms with E-state index in [1.807, 2.05) is 0 Å². The van der Waals surface area contributed by atoms with Gasteiger partial charge in [-0.3, -0.25) is 38.4 Å². The van der Waals surface area contributed by atoms with E-state index in [1.165, 1.54) is 13.8 Å². The van der Waals surface area contributed by atoms with Gasteiger partial charge in [-0.15, -0.1) is 0 Å². The number of carboxylic acid groups (broad SMARTS) is 2. The van der Waals surface area contributed by atoms with Gasteiger partial charge in [-0.05, 0) is 32.6 Å². The molecular weight excluding hydrogens is 598 g/mol. The zero-order valence-corrected chi connectivity index (χ0v) is 25.7. The lowest BCUT2D eigenvalue weighted by molar-refractivity contribution is -0.144. The minimum absolute atomic E-state index is 0.0447. The third-order valence-electron chi connectivity index (χ3n) is 6.45. The summed E-state index contributed by atoms with van der Waals surface area (Å²) in [5, 5.41) is 35.4. The van der Waals surface area contributed by atoms with E-state index in [0.29, 0.717) is 0 Å². The minimum Gasteiger partial charge on any atom is -0.481 e. The highest BCUT2D eigenvalue weighted by Crippen LogP contribution is 2.07. The summed E-state index contributed by atoms with van der Waals surface area (Å²) < 4.78 is 0. The van der Waals surface area contributed by atoms with Gasteiger partial charge in [-0.2, -0.15) is 0 Å². The molecule has 0 radical (unpaired) electrons. The first-order valence-electron chi connectivity index (χ1n) is 14.5. The quantitative estimate of drug-likeness (QED) is 0.145. The Labute approximate surface area is 259 Å². The van der Waals surface area contributed by atoms with Crippen molar-refractivity contribution in [3.63, 3.8) is 0 Å². The van der Waals surface area contributed by atoms with Gasteiger partial charge in [-0.25, -0.2) is 4.79 Å². The van der Waals surface area contributed by atoms with Crippen molar-refractivity contribution >= 4 is 53.3 Å². The average Bonchev–Trinajstić information content (AvgIpc) is 2.92. The van der Waals surface area contributed by atoms with Crippen molar-refractivity contribution in [1.29, 1.82) is 0 Å². The van der Waals surface area contributed by atoms with E-state index < -0.39 is 96.3 Å². The van der Waals surface area contributed by atoms with E-state index in [4.69, 9.17) is 0 Å². The molecule has 0 saturated carbocycles. The largest absolute Gasteiger partial charge is 0.481 e. The van der Waals surface area contributed by atoms with Gasteiger partial charge in [0.25, 0.3) is 0 Å². The number of carbonyl (C=O) groups is 9. The molecule has 45 heavy (non-hydrogen) atoms. The summed E-state index contributed by atoms with van der Waals surface area (Å²) in [6, 6.07) is -6.97. The lowest BCUT2D eigenvalue weighted by Crippen LogP contribution is -2.57. The molecule has 0 unspecified atom stereocenters. The number of amides is 7. The van der Waals surface area contributed by atoms with Crippen molar-refractivity contribution < 1.29 is 53.4 Å². The molecule has 1 fully saturated rings. The highest BCUT2D eigenvalue weighted by atomic mass is 16.4. The Kier molecular flexibility index (Phi) is 16.0. The summed E-state index contributed by atoms with van der Waals surface area (Å²) in [5.41, 5.74) is 0. The fourth-order valence-electron chi connectivity index (χ4n) is 4.07. The maximum Gasteiger partial charge on any atom is 0.326 e.